The van der Waals surface area contributed by atoms with Crippen LogP contribution in [-0.2, 0) is 25.6 Å². The highest BCUT2D eigenvalue weighted by atomic mass is 32.2. The average Bonchev–Trinajstić information content (AvgIpc) is 3.19. The minimum Gasteiger partial charge on any atom is -0.465 e. The Morgan fingerprint density at radius 1 is 1.05 bits per heavy atom. The zero-order chi connectivity index (χ0) is 27.4. The van der Waals surface area contributed by atoms with E-state index in [1.165, 1.54) is 11.9 Å². The number of esters is 2. The maximum atomic E-state index is 12.8. The number of aryl methyl sites for hydroxylation is 1. The van der Waals surface area contributed by atoms with Crippen molar-refractivity contribution < 1.29 is 19.1 Å². The molecule has 0 amide bonds. The van der Waals surface area contributed by atoms with Gasteiger partial charge in [-0.3, -0.25) is 14.6 Å². The fourth-order valence-electron chi connectivity index (χ4n) is 3.83. The summed E-state index contributed by atoms with van der Waals surface area (Å²) in [5.74, 6) is 0.483. The molecule has 202 valence electrons. The molecule has 2 heterocycles. The van der Waals surface area contributed by atoms with E-state index in [-0.39, 0.29) is 24.4 Å². The summed E-state index contributed by atoms with van der Waals surface area (Å²) >= 11 is 1.37. The van der Waals surface area contributed by atoms with Crippen molar-refractivity contribution in [1.82, 2.24) is 18.8 Å². The molecular formula is C28H40N4O4S. The molecule has 9 heteroatoms. The molecule has 37 heavy (non-hydrogen) atoms. The van der Waals surface area contributed by atoms with Gasteiger partial charge in [0.1, 0.15) is 23.9 Å². The SMILES string of the molecule is CC.CCOC(=O)CN(Sc1ccc(Cn2c(C)nc3cnccc32)cc1)[C@@H](CC(C)C)C(=O)OCC. The number of ether oxygens (including phenoxy) is 2. The van der Waals surface area contributed by atoms with Gasteiger partial charge >= 0.3 is 11.9 Å². The van der Waals surface area contributed by atoms with Gasteiger partial charge in [0.2, 0.25) is 0 Å². The minimum absolute atomic E-state index is 0.00921. The molecule has 1 atom stereocenters. The van der Waals surface area contributed by atoms with Crippen LogP contribution in [0.2, 0.25) is 0 Å². The Bertz CT molecular complexity index is 1130. The van der Waals surface area contributed by atoms with Gasteiger partial charge in [-0.15, -0.1) is 0 Å². The molecule has 0 saturated carbocycles. The Morgan fingerprint density at radius 3 is 2.35 bits per heavy atom. The molecule has 1 aromatic carbocycles. The third-order valence-corrected chi connectivity index (χ3v) is 6.52. The molecule has 0 radical (unpaired) electrons. The summed E-state index contributed by atoms with van der Waals surface area (Å²) < 4.78 is 14.4. The van der Waals surface area contributed by atoms with Crippen LogP contribution in [0, 0.1) is 12.8 Å². The second-order valence-electron chi connectivity index (χ2n) is 8.62. The van der Waals surface area contributed by atoms with E-state index >= 15 is 0 Å². The van der Waals surface area contributed by atoms with E-state index in [4.69, 9.17) is 9.47 Å². The van der Waals surface area contributed by atoms with E-state index in [9.17, 15) is 9.59 Å². The fraction of sp³-hybridized carbons (Fsp3) is 0.500. The highest BCUT2D eigenvalue weighted by Gasteiger charge is 2.31. The number of pyridine rings is 1. The van der Waals surface area contributed by atoms with Crippen LogP contribution in [0.5, 0.6) is 0 Å². The lowest BCUT2D eigenvalue weighted by molar-refractivity contribution is -0.150. The van der Waals surface area contributed by atoms with Gasteiger partial charge in [0, 0.05) is 17.6 Å². The predicted octanol–water partition coefficient (Wildman–Crippen LogP) is 5.66. The molecule has 0 aliphatic rings. The molecule has 0 spiro atoms. The molecule has 3 rings (SSSR count). The number of carbonyl (C=O) groups excluding carboxylic acids is 2. The van der Waals surface area contributed by atoms with Crippen molar-refractivity contribution in [2.45, 2.75) is 72.4 Å². The van der Waals surface area contributed by atoms with Gasteiger partial charge in [-0.05, 0) is 68.8 Å². The molecule has 0 aliphatic heterocycles. The van der Waals surface area contributed by atoms with E-state index in [2.05, 4.69) is 26.7 Å². The van der Waals surface area contributed by atoms with Crippen molar-refractivity contribution in [3.8, 4) is 0 Å². The number of fused-ring (bicyclic) bond motifs is 1. The molecule has 0 N–H and O–H groups in total. The first-order valence-electron chi connectivity index (χ1n) is 12.9. The Morgan fingerprint density at radius 2 is 1.73 bits per heavy atom. The molecule has 8 nitrogen and oxygen atoms in total. The molecule has 0 fully saturated rings. The maximum Gasteiger partial charge on any atom is 0.324 e. The standard InChI is InChI=1S/C26H34N4O4S.C2H6/c1-6-33-25(31)17-30(24(14-18(3)4)26(32)34-7-2)35-21-10-8-20(9-11-21)16-29-19(5)28-22-15-27-13-12-23(22)29;1-2/h8-13,15,18,24H,6-7,14,16-17H2,1-5H3;1-2H3/t24-;/m0./s1. The summed E-state index contributed by atoms with van der Waals surface area (Å²) in [4.78, 5) is 34.8. The first-order chi connectivity index (χ1) is 17.8. The second-order valence-corrected chi connectivity index (χ2v) is 9.75. The normalized spacial score (nSPS) is 11.8. The zero-order valence-corrected chi connectivity index (χ0v) is 23.9. The van der Waals surface area contributed by atoms with Crippen molar-refractivity contribution >= 4 is 34.9 Å². The van der Waals surface area contributed by atoms with Crippen molar-refractivity contribution in [3.05, 3.63) is 54.1 Å². The fourth-order valence-corrected chi connectivity index (χ4v) is 4.83. The summed E-state index contributed by atoms with van der Waals surface area (Å²) in [6.07, 6.45) is 4.12. The van der Waals surface area contributed by atoms with E-state index in [1.54, 1.807) is 30.5 Å². The van der Waals surface area contributed by atoms with Crippen molar-refractivity contribution in [1.29, 1.82) is 0 Å². The number of aromatic nitrogens is 3. The van der Waals surface area contributed by atoms with E-state index in [0.29, 0.717) is 26.2 Å². The first kappa shape index (κ1) is 30.3. The monoisotopic (exact) mass is 528 g/mol. The lowest BCUT2D eigenvalue weighted by Crippen LogP contribution is -2.42. The van der Waals surface area contributed by atoms with Crippen molar-refractivity contribution in [2.24, 2.45) is 5.92 Å². The Labute approximate surface area is 224 Å². The van der Waals surface area contributed by atoms with Gasteiger partial charge in [0.15, 0.2) is 0 Å². The Kier molecular flexibility index (Phi) is 12.6. The molecule has 0 unspecified atom stereocenters. The number of imidazole rings is 1. The molecule has 3 aromatic rings. The van der Waals surface area contributed by atoms with Gasteiger partial charge < -0.3 is 14.0 Å². The van der Waals surface area contributed by atoms with Crippen molar-refractivity contribution in [3.63, 3.8) is 0 Å². The van der Waals surface area contributed by atoms with Crippen LogP contribution in [0.4, 0.5) is 0 Å². The van der Waals surface area contributed by atoms with E-state index in [1.807, 2.05) is 52.8 Å². The molecule has 2 aromatic heterocycles. The number of hydrogen-bond donors (Lipinski definition) is 0. The summed E-state index contributed by atoms with van der Waals surface area (Å²) in [7, 11) is 0. The van der Waals surface area contributed by atoms with Gasteiger partial charge in [-0.1, -0.05) is 39.8 Å². The third kappa shape index (κ3) is 8.86. The molecule has 0 saturated heterocycles. The summed E-state index contributed by atoms with van der Waals surface area (Å²) in [5, 5.41) is 0. The van der Waals surface area contributed by atoms with Crippen molar-refractivity contribution in [2.75, 3.05) is 19.8 Å². The smallest absolute Gasteiger partial charge is 0.324 e. The van der Waals surface area contributed by atoms with Gasteiger partial charge in [-0.25, -0.2) is 9.29 Å². The van der Waals surface area contributed by atoms with Gasteiger partial charge in [0.05, 0.1) is 24.9 Å². The van der Waals surface area contributed by atoms with Crippen LogP contribution in [-0.4, -0.2) is 56.6 Å². The maximum absolute atomic E-state index is 12.8. The average molecular weight is 529 g/mol. The Hall–Kier alpha value is -2.91. The van der Waals surface area contributed by atoms with Crippen LogP contribution in [0.1, 0.15) is 59.4 Å². The number of benzene rings is 1. The number of rotatable bonds is 12. The highest BCUT2D eigenvalue weighted by Crippen LogP contribution is 2.29. The molecular weight excluding hydrogens is 488 g/mol. The summed E-state index contributed by atoms with van der Waals surface area (Å²) in [5.41, 5.74) is 3.04. The second kappa shape index (κ2) is 15.4. The van der Waals surface area contributed by atoms with Crippen LogP contribution >= 0.6 is 11.9 Å². The van der Waals surface area contributed by atoms with Crippen LogP contribution in [0.25, 0.3) is 11.0 Å². The quantitative estimate of drug-likeness (QED) is 0.220. The highest BCUT2D eigenvalue weighted by molar-refractivity contribution is 7.97. The van der Waals surface area contributed by atoms with E-state index in [0.717, 1.165) is 27.3 Å². The zero-order valence-electron chi connectivity index (χ0n) is 23.1. The molecule has 0 bridgehead atoms. The summed E-state index contributed by atoms with van der Waals surface area (Å²) in [6, 6.07) is 9.53. The third-order valence-electron chi connectivity index (χ3n) is 5.42. The van der Waals surface area contributed by atoms with Crippen LogP contribution in [0.15, 0.2) is 47.6 Å². The predicted molar refractivity (Wildman–Crippen MR) is 148 cm³/mol. The first-order valence-corrected chi connectivity index (χ1v) is 13.7. The largest absolute Gasteiger partial charge is 0.465 e. The number of carbonyl (C=O) groups is 2. The number of nitrogens with zero attached hydrogens (tertiary/aromatic N) is 4. The lowest BCUT2D eigenvalue weighted by Gasteiger charge is -2.29. The molecule has 0 aliphatic carbocycles. The minimum atomic E-state index is -0.558. The Balaban J connectivity index is 0.00000235. The number of hydrogen-bond acceptors (Lipinski definition) is 8. The summed E-state index contributed by atoms with van der Waals surface area (Å²) in [6.45, 7) is 14.9. The van der Waals surface area contributed by atoms with E-state index < -0.39 is 6.04 Å². The van der Waals surface area contributed by atoms with Gasteiger partial charge in [0.25, 0.3) is 0 Å². The van der Waals surface area contributed by atoms with Crippen LogP contribution < -0.4 is 0 Å². The topological polar surface area (TPSA) is 86.5 Å². The lowest BCUT2D eigenvalue weighted by atomic mass is 10.0. The van der Waals surface area contributed by atoms with Gasteiger partial charge in [-0.2, -0.15) is 0 Å². The van der Waals surface area contributed by atoms with Crippen LogP contribution in [0.3, 0.4) is 0 Å².